The highest BCUT2D eigenvalue weighted by atomic mass is 16.5. The van der Waals surface area contributed by atoms with E-state index in [2.05, 4.69) is 0 Å². The number of aryl methyl sites for hydroxylation is 1. The number of allylic oxidation sites excluding steroid dienone is 2. The highest BCUT2D eigenvalue weighted by Crippen LogP contribution is 2.23. The summed E-state index contributed by atoms with van der Waals surface area (Å²) in [5.74, 6) is -1.58. The molecule has 17 heavy (non-hydrogen) atoms. The first-order valence-electron chi connectivity index (χ1n) is 5.09. The van der Waals surface area contributed by atoms with E-state index in [-0.39, 0.29) is 17.1 Å². The van der Waals surface area contributed by atoms with E-state index in [4.69, 9.17) is 4.74 Å². The molecule has 0 fully saturated rings. The van der Waals surface area contributed by atoms with Crippen molar-refractivity contribution in [1.29, 1.82) is 0 Å². The van der Waals surface area contributed by atoms with E-state index in [1.165, 1.54) is 6.92 Å². The van der Waals surface area contributed by atoms with E-state index in [1.54, 1.807) is 18.2 Å². The molecular formula is C13H10O4. The summed E-state index contributed by atoms with van der Waals surface area (Å²) < 4.78 is 4.71. The molecule has 0 atom stereocenters. The molecule has 0 saturated carbocycles. The van der Waals surface area contributed by atoms with Gasteiger partial charge in [-0.2, -0.15) is 0 Å². The number of esters is 1. The Kier molecular flexibility index (Phi) is 2.63. The van der Waals surface area contributed by atoms with Crippen molar-refractivity contribution in [2.75, 3.05) is 0 Å². The van der Waals surface area contributed by atoms with E-state index >= 15 is 0 Å². The second-order valence-electron chi connectivity index (χ2n) is 3.84. The van der Waals surface area contributed by atoms with Gasteiger partial charge >= 0.3 is 5.97 Å². The number of carbonyl (C=O) groups excluding carboxylic acids is 3. The molecule has 0 bridgehead atoms. The molecule has 0 heterocycles. The molecule has 1 aromatic rings. The van der Waals surface area contributed by atoms with Gasteiger partial charge in [-0.1, -0.05) is 11.6 Å². The lowest BCUT2D eigenvalue weighted by Crippen LogP contribution is -2.20. The lowest BCUT2D eigenvalue weighted by Gasteiger charge is -2.14. The summed E-state index contributed by atoms with van der Waals surface area (Å²) in [4.78, 5) is 34.5. The molecule has 0 aliphatic heterocycles. The first-order valence-corrected chi connectivity index (χ1v) is 5.09. The van der Waals surface area contributed by atoms with Crippen LogP contribution in [0.3, 0.4) is 0 Å². The van der Waals surface area contributed by atoms with E-state index in [0.717, 1.165) is 11.6 Å². The number of carbonyl (C=O) groups is 3. The highest BCUT2D eigenvalue weighted by molar-refractivity contribution is 6.24. The van der Waals surface area contributed by atoms with Crippen molar-refractivity contribution in [2.45, 2.75) is 13.8 Å². The molecule has 0 radical (unpaired) electrons. The highest BCUT2D eigenvalue weighted by Gasteiger charge is 2.27. The van der Waals surface area contributed by atoms with Crippen molar-refractivity contribution in [3.63, 3.8) is 0 Å². The fourth-order valence-corrected chi connectivity index (χ4v) is 1.69. The van der Waals surface area contributed by atoms with Gasteiger partial charge in [0.25, 0.3) is 0 Å². The number of hydrogen-bond donors (Lipinski definition) is 0. The maximum Gasteiger partial charge on any atom is 0.308 e. The van der Waals surface area contributed by atoms with Gasteiger partial charge in [0.15, 0.2) is 11.5 Å². The number of ether oxygens (including phenoxy) is 1. The minimum atomic E-state index is -0.618. The van der Waals surface area contributed by atoms with Crippen LogP contribution in [0.2, 0.25) is 0 Å². The third kappa shape index (κ3) is 2.01. The van der Waals surface area contributed by atoms with Crippen LogP contribution >= 0.6 is 0 Å². The summed E-state index contributed by atoms with van der Waals surface area (Å²) >= 11 is 0. The minimum Gasteiger partial charge on any atom is -0.422 e. The Hall–Kier alpha value is -2.23. The molecule has 1 aliphatic rings. The SMILES string of the molecule is CC(=O)OC1=CC(=O)c2cc(C)ccc2C1=O. The molecular weight excluding hydrogens is 220 g/mol. The summed E-state index contributed by atoms with van der Waals surface area (Å²) in [5.41, 5.74) is 1.53. The van der Waals surface area contributed by atoms with Crippen molar-refractivity contribution in [3.05, 3.63) is 46.7 Å². The van der Waals surface area contributed by atoms with Gasteiger partial charge in [0.1, 0.15) is 0 Å². The molecule has 0 N–H and O–H groups in total. The van der Waals surface area contributed by atoms with E-state index in [9.17, 15) is 14.4 Å². The number of fused-ring (bicyclic) bond motifs is 1. The second-order valence-corrected chi connectivity index (χ2v) is 3.84. The Morgan fingerprint density at radius 2 is 1.88 bits per heavy atom. The van der Waals surface area contributed by atoms with Crippen LogP contribution in [0.4, 0.5) is 0 Å². The zero-order valence-electron chi connectivity index (χ0n) is 9.44. The first-order chi connectivity index (χ1) is 7.99. The van der Waals surface area contributed by atoms with Gasteiger partial charge in [-0.05, 0) is 19.1 Å². The van der Waals surface area contributed by atoms with Crippen molar-refractivity contribution in [2.24, 2.45) is 0 Å². The molecule has 2 rings (SSSR count). The Balaban J connectivity index is 2.49. The molecule has 4 nitrogen and oxygen atoms in total. The van der Waals surface area contributed by atoms with Crippen LogP contribution in [-0.2, 0) is 9.53 Å². The third-order valence-electron chi connectivity index (χ3n) is 2.42. The van der Waals surface area contributed by atoms with Crippen LogP contribution in [0, 0.1) is 6.92 Å². The molecule has 0 spiro atoms. The maximum absolute atomic E-state index is 11.9. The third-order valence-corrected chi connectivity index (χ3v) is 2.42. The second kappa shape index (κ2) is 3.97. The van der Waals surface area contributed by atoms with Gasteiger partial charge in [-0.3, -0.25) is 14.4 Å². The molecule has 1 aromatic carbocycles. The van der Waals surface area contributed by atoms with E-state index < -0.39 is 11.8 Å². The summed E-state index contributed by atoms with van der Waals surface area (Å²) in [6.07, 6.45) is 1.06. The van der Waals surface area contributed by atoms with Crippen LogP contribution in [-0.4, -0.2) is 17.5 Å². The number of benzene rings is 1. The Bertz CT molecular complexity index is 567. The smallest absolute Gasteiger partial charge is 0.308 e. The minimum absolute atomic E-state index is 0.209. The zero-order chi connectivity index (χ0) is 12.6. The topological polar surface area (TPSA) is 60.4 Å². The first kappa shape index (κ1) is 11.3. The normalized spacial score (nSPS) is 14.1. The quantitative estimate of drug-likeness (QED) is 0.690. The molecule has 0 unspecified atom stereocenters. The van der Waals surface area contributed by atoms with Crippen LogP contribution in [0.15, 0.2) is 30.0 Å². The molecule has 1 aliphatic carbocycles. The van der Waals surface area contributed by atoms with Crippen LogP contribution in [0.5, 0.6) is 0 Å². The van der Waals surface area contributed by atoms with Gasteiger partial charge in [0.05, 0.1) is 0 Å². The van der Waals surface area contributed by atoms with Gasteiger partial charge in [0.2, 0.25) is 5.78 Å². The van der Waals surface area contributed by atoms with Gasteiger partial charge in [-0.25, -0.2) is 0 Å². The zero-order valence-corrected chi connectivity index (χ0v) is 9.44. The molecule has 0 aromatic heterocycles. The molecule has 86 valence electrons. The number of Topliss-reactive ketones (excluding diaryl/α,β-unsaturated/α-hetero) is 1. The predicted octanol–water partition coefficient (Wildman–Crippen LogP) is 1.82. The number of rotatable bonds is 1. The average molecular weight is 230 g/mol. The molecule has 0 amide bonds. The van der Waals surface area contributed by atoms with Crippen LogP contribution in [0.1, 0.15) is 33.2 Å². The van der Waals surface area contributed by atoms with Crippen molar-refractivity contribution in [3.8, 4) is 0 Å². The Labute approximate surface area is 97.9 Å². The van der Waals surface area contributed by atoms with Gasteiger partial charge in [-0.15, -0.1) is 0 Å². The fourth-order valence-electron chi connectivity index (χ4n) is 1.69. The number of hydrogen-bond acceptors (Lipinski definition) is 4. The van der Waals surface area contributed by atoms with Crippen LogP contribution in [0.25, 0.3) is 0 Å². The van der Waals surface area contributed by atoms with E-state index in [0.29, 0.717) is 5.56 Å². The van der Waals surface area contributed by atoms with Gasteiger partial charge < -0.3 is 4.74 Å². The Morgan fingerprint density at radius 1 is 1.18 bits per heavy atom. The lowest BCUT2D eigenvalue weighted by atomic mass is 9.92. The summed E-state index contributed by atoms with van der Waals surface area (Å²) in [7, 11) is 0. The predicted molar refractivity (Wildman–Crippen MR) is 59.7 cm³/mol. The monoisotopic (exact) mass is 230 g/mol. The maximum atomic E-state index is 11.9. The average Bonchev–Trinajstić information content (AvgIpc) is 2.25. The largest absolute Gasteiger partial charge is 0.422 e. The summed E-state index contributed by atoms with van der Waals surface area (Å²) in [6.45, 7) is 3.02. The van der Waals surface area contributed by atoms with Crippen molar-refractivity contribution >= 4 is 17.5 Å². The standard InChI is InChI=1S/C13H10O4/c1-7-3-4-9-10(5-7)11(15)6-12(13(9)16)17-8(2)14/h3-6H,1-2H3. The van der Waals surface area contributed by atoms with E-state index in [1.807, 2.05) is 6.92 Å². The molecule has 0 saturated heterocycles. The Morgan fingerprint density at radius 3 is 2.53 bits per heavy atom. The van der Waals surface area contributed by atoms with Crippen molar-refractivity contribution < 1.29 is 19.1 Å². The summed E-state index contributed by atoms with van der Waals surface area (Å²) in [5, 5.41) is 0. The van der Waals surface area contributed by atoms with Gasteiger partial charge in [0, 0.05) is 24.1 Å². The van der Waals surface area contributed by atoms with Crippen LogP contribution < -0.4 is 0 Å². The number of ketones is 2. The molecule has 4 heteroatoms. The lowest BCUT2D eigenvalue weighted by molar-refractivity contribution is -0.136. The summed E-state index contributed by atoms with van der Waals surface area (Å²) in [6, 6.07) is 4.96. The van der Waals surface area contributed by atoms with Crippen molar-refractivity contribution in [1.82, 2.24) is 0 Å². The fraction of sp³-hybridized carbons (Fsp3) is 0.154.